The van der Waals surface area contributed by atoms with Crippen molar-refractivity contribution in [3.8, 4) is 0 Å². The standard InChI is InChI=1S/C12H16N2S/c1-4-5-13-12-14-10-7-8(2)6-9(3)11(10)15-12/h6-7H,4-5H2,1-3H3,(H,13,14). The van der Waals surface area contributed by atoms with E-state index in [0.717, 1.165) is 23.6 Å². The van der Waals surface area contributed by atoms with Crippen LogP contribution >= 0.6 is 11.3 Å². The lowest BCUT2D eigenvalue weighted by Gasteiger charge is -1.96. The molecule has 0 fully saturated rings. The van der Waals surface area contributed by atoms with Crippen LogP contribution in [0.15, 0.2) is 12.1 Å². The van der Waals surface area contributed by atoms with E-state index in [0.29, 0.717) is 0 Å². The maximum absolute atomic E-state index is 4.58. The van der Waals surface area contributed by atoms with Crippen LogP contribution in [0, 0.1) is 13.8 Å². The quantitative estimate of drug-likeness (QED) is 0.852. The summed E-state index contributed by atoms with van der Waals surface area (Å²) in [5.41, 5.74) is 3.73. The third kappa shape index (κ3) is 2.12. The molecule has 0 saturated carbocycles. The molecular formula is C12H16N2S. The molecule has 3 heteroatoms. The predicted octanol–water partition coefficient (Wildman–Crippen LogP) is 3.74. The second kappa shape index (κ2) is 4.19. The van der Waals surface area contributed by atoms with Crippen LogP contribution in [-0.4, -0.2) is 11.5 Å². The Hall–Kier alpha value is -1.09. The number of aryl methyl sites for hydroxylation is 2. The van der Waals surface area contributed by atoms with E-state index < -0.39 is 0 Å². The lowest BCUT2D eigenvalue weighted by molar-refractivity contribution is 0.977. The van der Waals surface area contributed by atoms with Crippen molar-refractivity contribution in [2.75, 3.05) is 11.9 Å². The largest absolute Gasteiger partial charge is 0.361 e. The molecule has 0 unspecified atom stereocenters. The molecule has 0 aliphatic heterocycles. The number of nitrogens with zero attached hydrogens (tertiary/aromatic N) is 1. The van der Waals surface area contributed by atoms with E-state index in [-0.39, 0.29) is 0 Å². The van der Waals surface area contributed by atoms with E-state index in [1.54, 1.807) is 11.3 Å². The van der Waals surface area contributed by atoms with Crippen molar-refractivity contribution in [3.63, 3.8) is 0 Å². The molecule has 80 valence electrons. The van der Waals surface area contributed by atoms with Crippen LogP contribution < -0.4 is 5.32 Å². The van der Waals surface area contributed by atoms with Gasteiger partial charge < -0.3 is 5.32 Å². The molecule has 0 aliphatic carbocycles. The van der Waals surface area contributed by atoms with E-state index >= 15 is 0 Å². The van der Waals surface area contributed by atoms with Crippen molar-refractivity contribution in [3.05, 3.63) is 23.3 Å². The molecule has 15 heavy (non-hydrogen) atoms. The van der Waals surface area contributed by atoms with E-state index in [2.05, 4.69) is 43.2 Å². The minimum atomic E-state index is 0.998. The molecule has 0 atom stereocenters. The molecule has 2 aromatic rings. The molecule has 1 N–H and O–H groups in total. The highest BCUT2D eigenvalue weighted by Gasteiger charge is 2.05. The Kier molecular flexibility index (Phi) is 2.91. The van der Waals surface area contributed by atoms with Gasteiger partial charge >= 0.3 is 0 Å². The highest BCUT2D eigenvalue weighted by atomic mass is 32.1. The lowest BCUT2D eigenvalue weighted by atomic mass is 10.1. The summed E-state index contributed by atoms with van der Waals surface area (Å²) in [6.07, 6.45) is 1.13. The smallest absolute Gasteiger partial charge is 0.183 e. The molecule has 2 rings (SSSR count). The van der Waals surface area contributed by atoms with Gasteiger partial charge in [-0.2, -0.15) is 0 Å². The van der Waals surface area contributed by atoms with Crippen LogP contribution in [0.5, 0.6) is 0 Å². The van der Waals surface area contributed by atoms with Crippen LogP contribution in [0.2, 0.25) is 0 Å². The lowest BCUT2D eigenvalue weighted by Crippen LogP contribution is -1.98. The Balaban J connectivity index is 2.41. The summed E-state index contributed by atoms with van der Waals surface area (Å²) in [6, 6.07) is 4.36. The van der Waals surface area contributed by atoms with E-state index in [1.807, 2.05) is 0 Å². The van der Waals surface area contributed by atoms with Crippen molar-refractivity contribution in [2.45, 2.75) is 27.2 Å². The zero-order chi connectivity index (χ0) is 10.8. The average molecular weight is 220 g/mol. The Labute approximate surface area is 94.3 Å². The first-order valence-corrected chi connectivity index (χ1v) is 6.14. The van der Waals surface area contributed by atoms with Gasteiger partial charge in [0.25, 0.3) is 0 Å². The minimum absolute atomic E-state index is 0.998. The van der Waals surface area contributed by atoms with E-state index in [1.165, 1.54) is 15.8 Å². The first kappa shape index (κ1) is 10.4. The minimum Gasteiger partial charge on any atom is -0.361 e. The van der Waals surface area contributed by atoms with Crippen LogP contribution in [0.25, 0.3) is 10.2 Å². The number of thiazole rings is 1. The van der Waals surface area contributed by atoms with E-state index in [9.17, 15) is 0 Å². The first-order chi connectivity index (χ1) is 7.20. The summed E-state index contributed by atoms with van der Waals surface area (Å²) in [7, 11) is 0. The van der Waals surface area contributed by atoms with Crippen molar-refractivity contribution in [1.82, 2.24) is 4.98 Å². The number of hydrogen-bond acceptors (Lipinski definition) is 3. The number of anilines is 1. The van der Waals surface area contributed by atoms with Gasteiger partial charge in [0.15, 0.2) is 5.13 Å². The van der Waals surface area contributed by atoms with Gasteiger partial charge in [0.2, 0.25) is 0 Å². The third-order valence-electron chi connectivity index (χ3n) is 2.35. The number of fused-ring (bicyclic) bond motifs is 1. The fourth-order valence-electron chi connectivity index (χ4n) is 1.68. The topological polar surface area (TPSA) is 24.9 Å². The highest BCUT2D eigenvalue weighted by molar-refractivity contribution is 7.22. The Bertz CT molecular complexity index is 474. The molecule has 0 saturated heterocycles. The molecule has 0 spiro atoms. The normalized spacial score (nSPS) is 10.9. The van der Waals surface area contributed by atoms with Crippen molar-refractivity contribution < 1.29 is 0 Å². The molecule has 2 nitrogen and oxygen atoms in total. The van der Waals surface area contributed by atoms with Gasteiger partial charge in [0.1, 0.15) is 0 Å². The van der Waals surface area contributed by atoms with Crippen LogP contribution in [0.3, 0.4) is 0 Å². The Morgan fingerprint density at radius 1 is 1.33 bits per heavy atom. The number of hydrogen-bond donors (Lipinski definition) is 1. The van der Waals surface area contributed by atoms with Gasteiger partial charge in [0.05, 0.1) is 10.2 Å². The summed E-state index contributed by atoms with van der Waals surface area (Å²) in [6.45, 7) is 7.43. The summed E-state index contributed by atoms with van der Waals surface area (Å²) in [5.74, 6) is 0. The van der Waals surface area contributed by atoms with Crippen molar-refractivity contribution in [2.24, 2.45) is 0 Å². The molecular weight excluding hydrogens is 204 g/mol. The number of rotatable bonds is 3. The zero-order valence-corrected chi connectivity index (χ0v) is 10.2. The predicted molar refractivity (Wildman–Crippen MR) is 67.9 cm³/mol. The van der Waals surface area contributed by atoms with Gasteiger partial charge in [0, 0.05) is 6.54 Å². The molecule has 0 aliphatic rings. The second-order valence-corrected chi connectivity index (χ2v) is 4.87. The number of nitrogens with one attached hydrogen (secondary N) is 1. The average Bonchev–Trinajstić information content (AvgIpc) is 2.57. The highest BCUT2D eigenvalue weighted by Crippen LogP contribution is 2.29. The Morgan fingerprint density at radius 3 is 2.87 bits per heavy atom. The molecule has 1 aromatic carbocycles. The van der Waals surface area contributed by atoms with Gasteiger partial charge in [-0.1, -0.05) is 24.3 Å². The van der Waals surface area contributed by atoms with E-state index in [4.69, 9.17) is 0 Å². The van der Waals surface area contributed by atoms with Gasteiger partial charge in [-0.25, -0.2) is 4.98 Å². The Morgan fingerprint density at radius 2 is 2.13 bits per heavy atom. The fraction of sp³-hybridized carbons (Fsp3) is 0.417. The van der Waals surface area contributed by atoms with Crippen LogP contribution in [0.1, 0.15) is 24.5 Å². The van der Waals surface area contributed by atoms with Gasteiger partial charge in [-0.3, -0.25) is 0 Å². The monoisotopic (exact) mass is 220 g/mol. The maximum atomic E-state index is 4.58. The summed E-state index contributed by atoms with van der Waals surface area (Å²) in [5, 5.41) is 4.38. The van der Waals surface area contributed by atoms with Crippen LogP contribution in [0.4, 0.5) is 5.13 Å². The summed E-state index contributed by atoms with van der Waals surface area (Å²) in [4.78, 5) is 4.58. The number of benzene rings is 1. The second-order valence-electron chi connectivity index (χ2n) is 3.88. The maximum Gasteiger partial charge on any atom is 0.183 e. The van der Waals surface area contributed by atoms with Gasteiger partial charge in [-0.05, 0) is 37.5 Å². The SMILES string of the molecule is CCCNc1nc2cc(C)cc(C)c2s1. The molecule has 1 aromatic heterocycles. The van der Waals surface area contributed by atoms with Crippen molar-refractivity contribution >= 4 is 26.7 Å². The first-order valence-electron chi connectivity index (χ1n) is 5.32. The summed E-state index contributed by atoms with van der Waals surface area (Å²) >= 11 is 1.75. The summed E-state index contributed by atoms with van der Waals surface area (Å²) < 4.78 is 1.30. The molecule has 0 bridgehead atoms. The van der Waals surface area contributed by atoms with Gasteiger partial charge in [-0.15, -0.1) is 0 Å². The van der Waals surface area contributed by atoms with Crippen LogP contribution in [-0.2, 0) is 0 Å². The fourth-order valence-corrected chi connectivity index (χ4v) is 2.62. The molecule has 0 radical (unpaired) electrons. The molecule has 0 amide bonds. The molecule has 1 heterocycles. The third-order valence-corrected chi connectivity index (χ3v) is 3.51. The number of aromatic nitrogens is 1. The van der Waals surface area contributed by atoms with Crippen molar-refractivity contribution in [1.29, 1.82) is 0 Å². The zero-order valence-electron chi connectivity index (χ0n) is 9.42.